The van der Waals surface area contributed by atoms with E-state index in [4.69, 9.17) is 9.52 Å². The molecule has 16 heavy (non-hydrogen) atoms. The Labute approximate surface area is 90.9 Å². The van der Waals surface area contributed by atoms with Gasteiger partial charge in [-0.2, -0.15) is 0 Å². The summed E-state index contributed by atoms with van der Waals surface area (Å²) in [5.41, 5.74) is 0.831. The summed E-state index contributed by atoms with van der Waals surface area (Å²) in [5, 5.41) is 12.6. The van der Waals surface area contributed by atoms with Crippen molar-refractivity contribution in [2.45, 2.75) is 19.8 Å². The molecular formula is C10H10N2O4. The zero-order valence-corrected chi connectivity index (χ0v) is 8.64. The molecule has 0 unspecified atom stereocenters. The SMILES string of the molecule is CCCc1nc(-c2ccon2)oc1C(=O)O. The largest absolute Gasteiger partial charge is 0.475 e. The third kappa shape index (κ3) is 1.81. The molecule has 84 valence electrons. The molecule has 1 N–H and O–H groups in total. The van der Waals surface area contributed by atoms with Crippen LogP contribution in [0.2, 0.25) is 0 Å². The van der Waals surface area contributed by atoms with Crippen LogP contribution in [0.3, 0.4) is 0 Å². The topological polar surface area (TPSA) is 89.4 Å². The summed E-state index contributed by atoms with van der Waals surface area (Å²) in [7, 11) is 0. The smallest absolute Gasteiger partial charge is 0.373 e. The lowest BCUT2D eigenvalue weighted by molar-refractivity contribution is 0.0661. The molecule has 0 fully saturated rings. The number of oxazole rings is 1. The van der Waals surface area contributed by atoms with Gasteiger partial charge in [-0.15, -0.1) is 0 Å². The first kappa shape index (κ1) is 10.4. The summed E-state index contributed by atoms with van der Waals surface area (Å²) < 4.78 is 9.78. The van der Waals surface area contributed by atoms with Gasteiger partial charge in [-0.05, 0) is 6.42 Å². The molecule has 0 aliphatic heterocycles. The second kappa shape index (κ2) is 4.18. The molecule has 0 saturated carbocycles. The van der Waals surface area contributed by atoms with Crippen LogP contribution in [0.5, 0.6) is 0 Å². The Bertz CT molecular complexity index is 487. The predicted molar refractivity (Wildman–Crippen MR) is 53.0 cm³/mol. The molecule has 0 aliphatic carbocycles. The highest BCUT2D eigenvalue weighted by molar-refractivity contribution is 5.86. The number of rotatable bonds is 4. The molecule has 2 aromatic rings. The molecule has 0 aromatic carbocycles. The van der Waals surface area contributed by atoms with Crippen molar-refractivity contribution in [3.8, 4) is 11.6 Å². The maximum atomic E-state index is 10.9. The van der Waals surface area contributed by atoms with E-state index in [-0.39, 0.29) is 11.7 Å². The second-order valence-electron chi connectivity index (χ2n) is 3.23. The summed E-state index contributed by atoms with van der Waals surface area (Å²) in [4.78, 5) is 15.0. The van der Waals surface area contributed by atoms with Gasteiger partial charge in [0.15, 0.2) is 5.69 Å². The number of hydrogen-bond donors (Lipinski definition) is 1. The molecule has 6 heteroatoms. The van der Waals surface area contributed by atoms with E-state index in [0.717, 1.165) is 6.42 Å². The summed E-state index contributed by atoms with van der Waals surface area (Å²) >= 11 is 0. The normalized spacial score (nSPS) is 10.6. The fourth-order valence-electron chi connectivity index (χ4n) is 1.36. The molecule has 0 atom stereocenters. The van der Waals surface area contributed by atoms with Crippen molar-refractivity contribution < 1.29 is 18.8 Å². The Morgan fingerprint density at radius 1 is 1.56 bits per heavy atom. The van der Waals surface area contributed by atoms with Gasteiger partial charge < -0.3 is 14.0 Å². The van der Waals surface area contributed by atoms with Crippen molar-refractivity contribution >= 4 is 5.97 Å². The van der Waals surface area contributed by atoms with Crippen LogP contribution < -0.4 is 0 Å². The summed E-state index contributed by atoms with van der Waals surface area (Å²) in [6, 6.07) is 1.56. The van der Waals surface area contributed by atoms with Gasteiger partial charge in [0.2, 0.25) is 11.7 Å². The average Bonchev–Trinajstić information content (AvgIpc) is 2.83. The molecule has 2 heterocycles. The van der Waals surface area contributed by atoms with E-state index >= 15 is 0 Å². The van der Waals surface area contributed by atoms with Gasteiger partial charge >= 0.3 is 5.97 Å². The third-order valence-corrected chi connectivity index (χ3v) is 2.04. The van der Waals surface area contributed by atoms with E-state index in [1.54, 1.807) is 6.07 Å². The molecule has 6 nitrogen and oxygen atoms in total. The van der Waals surface area contributed by atoms with Crippen LogP contribution in [0.15, 0.2) is 21.3 Å². The average molecular weight is 222 g/mol. The highest BCUT2D eigenvalue weighted by atomic mass is 16.5. The molecular weight excluding hydrogens is 212 g/mol. The number of hydrogen-bond acceptors (Lipinski definition) is 5. The van der Waals surface area contributed by atoms with Gasteiger partial charge in [0, 0.05) is 6.07 Å². The highest BCUT2D eigenvalue weighted by Crippen LogP contribution is 2.21. The first-order valence-corrected chi connectivity index (χ1v) is 4.86. The Balaban J connectivity index is 2.42. The maximum Gasteiger partial charge on any atom is 0.373 e. The van der Waals surface area contributed by atoms with E-state index in [2.05, 4.69) is 14.7 Å². The van der Waals surface area contributed by atoms with Crippen molar-refractivity contribution in [1.82, 2.24) is 10.1 Å². The number of aromatic carboxylic acids is 1. The Morgan fingerprint density at radius 3 is 2.94 bits per heavy atom. The van der Waals surface area contributed by atoms with Crippen LogP contribution in [-0.2, 0) is 6.42 Å². The van der Waals surface area contributed by atoms with E-state index in [9.17, 15) is 4.79 Å². The van der Waals surface area contributed by atoms with Crippen molar-refractivity contribution in [2.75, 3.05) is 0 Å². The fourth-order valence-corrected chi connectivity index (χ4v) is 1.36. The van der Waals surface area contributed by atoms with Crippen molar-refractivity contribution in [2.24, 2.45) is 0 Å². The van der Waals surface area contributed by atoms with Crippen LogP contribution in [0.25, 0.3) is 11.6 Å². The zero-order valence-electron chi connectivity index (χ0n) is 8.64. The van der Waals surface area contributed by atoms with Crippen LogP contribution in [0.4, 0.5) is 0 Å². The van der Waals surface area contributed by atoms with Gasteiger partial charge in [0.05, 0.1) is 5.69 Å². The monoisotopic (exact) mass is 222 g/mol. The predicted octanol–water partition coefficient (Wildman–Crippen LogP) is 1.98. The maximum absolute atomic E-state index is 10.9. The van der Waals surface area contributed by atoms with Gasteiger partial charge in [-0.25, -0.2) is 9.78 Å². The number of nitrogens with zero attached hydrogens (tertiary/aromatic N) is 2. The number of aromatic nitrogens is 2. The van der Waals surface area contributed by atoms with Crippen LogP contribution in [-0.4, -0.2) is 21.2 Å². The van der Waals surface area contributed by atoms with E-state index in [1.165, 1.54) is 6.26 Å². The molecule has 0 bridgehead atoms. The molecule has 0 spiro atoms. The molecule has 0 saturated heterocycles. The Morgan fingerprint density at radius 2 is 2.38 bits per heavy atom. The quantitative estimate of drug-likeness (QED) is 0.850. The lowest BCUT2D eigenvalue weighted by Gasteiger charge is -1.91. The van der Waals surface area contributed by atoms with E-state index < -0.39 is 5.97 Å². The minimum Gasteiger partial charge on any atom is -0.475 e. The van der Waals surface area contributed by atoms with Gasteiger partial charge in [-0.1, -0.05) is 18.5 Å². The fraction of sp³-hybridized carbons (Fsp3) is 0.300. The summed E-state index contributed by atoms with van der Waals surface area (Å²) in [6.45, 7) is 1.94. The number of carboxylic acid groups (broad SMARTS) is 1. The lowest BCUT2D eigenvalue weighted by atomic mass is 10.2. The van der Waals surface area contributed by atoms with E-state index in [1.807, 2.05) is 6.92 Å². The van der Waals surface area contributed by atoms with E-state index in [0.29, 0.717) is 17.8 Å². The van der Waals surface area contributed by atoms with Crippen molar-refractivity contribution in [3.05, 3.63) is 23.8 Å². The Kier molecular flexibility index (Phi) is 2.72. The molecule has 0 aliphatic rings. The summed E-state index contributed by atoms with van der Waals surface area (Å²) in [6.07, 6.45) is 2.73. The lowest BCUT2D eigenvalue weighted by Crippen LogP contribution is -1.99. The molecule has 0 radical (unpaired) electrons. The highest BCUT2D eigenvalue weighted by Gasteiger charge is 2.20. The van der Waals surface area contributed by atoms with Crippen molar-refractivity contribution in [1.29, 1.82) is 0 Å². The van der Waals surface area contributed by atoms with Crippen LogP contribution in [0.1, 0.15) is 29.6 Å². The van der Waals surface area contributed by atoms with Crippen LogP contribution >= 0.6 is 0 Å². The third-order valence-electron chi connectivity index (χ3n) is 2.04. The van der Waals surface area contributed by atoms with Gasteiger partial charge in [-0.3, -0.25) is 0 Å². The minimum absolute atomic E-state index is 0.125. The number of carbonyl (C=O) groups is 1. The second-order valence-corrected chi connectivity index (χ2v) is 3.23. The standard InChI is InChI=1S/C10H10N2O4/c1-2-3-6-8(10(13)14)16-9(11-6)7-4-5-15-12-7/h4-5H,2-3H2,1H3,(H,13,14). The van der Waals surface area contributed by atoms with Gasteiger partial charge in [0.1, 0.15) is 6.26 Å². The molecule has 0 amide bonds. The first-order chi connectivity index (χ1) is 7.72. The van der Waals surface area contributed by atoms with Crippen molar-refractivity contribution in [3.63, 3.8) is 0 Å². The zero-order chi connectivity index (χ0) is 11.5. The number of aryl methyl sites for hydroxylation is 1. The minimum atomic E-state index is -1.12. The summed E-state index contributed by atoms with van der Waals surface area (Å²) in [5.74, 6) is -1.07. The van der Waals surface area contributed by atoms with Crippen LogP contribution in [0, 0.1) is 0 Å². The Hall–Kier alpha value is -2.11. The number of carboxylic acids is 1. The first-order valence-electron chi connectivity index (χ1n) is 4.86. The molecule has 2 rings (SSSR count). The molecule has 2 aromatic heterocycles. The van der Waals surface area contributed by atoms with Gasteiger partial charge in [0.25, 0.3) is 0 Å².